The average molecular weight is 262 g/mol. The van der Waals surface area contributed by atoms with Crippen LogP contribution in [0.3, 0.4) is 0 Å². The van der Waals surface area contributed by atoms with E-state index in [1.165, 1.54) is 36.9 Å². The summed E-state index contributed by atoms with van der Waals surface area (Å²) in [5, 5.41) is 7.12. The molecule has 0 aromatic heterocycles. The van der Waals surface area contributed by atoms with E-state index in [2.05, 4.69) is 35.8 Å². The van der Waals surface area contributed by atoms with Gasteiger partial charge in [-0.2, -0.15) is 0 Å². The Morgan fingerprint density at radius 3 is 2.95 bits per heavy atom. The zero-order valence-electron chi connectivity index (χ0n) is 12.2. The normalized spacial score (nSPS) is 19.4. The van der Waals surface area contributed by atoms with E-state index in [4.69, 9.17) is 4.74 Å². The second-order valence-electron chi connectivity index (χ2n) is 5.40. The molecule has 1 fully saturated rings. The topological polar surface area (TPSA) is 33.3 Å². The molecule has 1 aliphatic heterocycles. The average Bonchev–Trinajstić information content (AvgIpc) is 2.45. The minimum Gasteiger partial charge on any atom is -0.496 e. The SMILES string of the molecule is COc1ccc(CCNCC2CCCCN2)cc1C. The largest absolute Gasteiger partial charge is 0.496 e. The Morgan fingerprint density at radius 2 is 2.26 bits per heavy atom. The van der Waals surface area contributed by atoms with E-state index in [1.807, 2.05) is 0 Å². The molecule has 0 spiro atoms. The van der Waals surface area contributed by atoms with E-state index in [0.717, 1.165) is 25.3 Å². The maximum Gasteiger partial charge on any atom is 0.121 e. The maximum absolute atomic E-state index is 5.28. The van der Waals surface area contributed by atoms with Crippen molar-refractivity contribution in [2.24, 2.45) is 0 Å². The Bertz CT molecular complexity index is 386. The molecular weight excluding hydrogens is 236 g/mol. The van der Waals surface area contributed by atoms with Crippen molar-refractivity contribution in [3.8, 4) is 5.75 Å². The minimum absolute atomic E-state index is 0.673. The van der Waals surface area contributed by atoms with Crippen LogP contribution in [0.4, 0.5) is 0 Å². The number of aryl methyl sites for hydroxylation is 1. The summed E-state index contributed by atoms with van der Waals surface area (Å²) in [6.07, 6.45) is 5.10. The third kappa shape index (κ3) is 4.51. The van der Waals surface area contributed by atoms with Crippen LogP contribution in [0.5, 0.6) is 5.75 Å². The summed E-state index contributed by atoms with van der Waals surface area (Å²) in [4.78, 5) is 0. The van der Waals surface area contributed by atoms with Crippen LogP contribution in [0.25, 0.3) is 0 Å². The van der Waals surface area contributed by atoms with Gasteiger partial charge in [-0.1, -0.05) is 18.6 Å². The predicted molar refractivity (Wildman–Crippen MR) is 79.9 cm³/mol. The summed E-state index contributed by atoms with van der Waals surface area (Å²) >= 11 is 0. The van der Waals surface area contributed by atoms with Gasteiger partial charge in [-0.3, -0.25) is 0 Å². The molecule has 1 aromatic carbocycles. The van der Waals surface area contributed by atoms with Crippen molar-refractivity contribution < 1.29 is 4.74 Å². The van der Waals surface area contributed by atoms with Crippen LogP contribution >= 0.6 is 0 Å². The molecule has 106 valence electrons. The Morgan fingerprint density at radius 1 is 1.37 bits per heavy atom. The smallest absolute Gasteiger partial charge is 0.121 e. The van der Waals surface area contributed by atoms with Crippen molar-refractivity contribution >= 4 is 0 Å². The van der Waals surface area contributed by atoms with E-state index in [1.54, 1.807) is 7.11 Å². The molecule has 3 nitrogen and oxygen atoms in total. The molecule has 0 saturated carbocycles. The van der Waals surface area contributed by atoms with Gasteiger partial charge in [-0.05, 0) is 56.5 Å². The zero-order chi connectivity index (χ0) is 13.5. The molecule has 0 aliphatic carbocycles. The number of hydrogen-bond acceptors (Lipinski definition) is 3. The highest BCUT2D eigenvalue weighted by atomic mass is 16.5. The number of rotatable bonds is 6. The highest BCUT2D eigenvalue weighted by molar-refractivity contribution is 5.36. The van der Waals surface area contributed by atoms with Crippen molar-refractivity contribution in [1.29, 1.82) is 0 Å². The molecule has 1 heterocycles. The fourth-order valence-electron chi connectivity index (χ4n) is 2.70. The van der Waals surface area contributed by atoms with Gasteiger partial charge in [-0.15, -0.1) is 0 Å². The van der Waals surface area contributed by atoms with Gasteiger partial charge in [0.05, 0.1) is 7.11 Å². The first-order valence-electron chi connectivity index (χ1n) is 7.37. The van der Waals surface area contributed by atoms with Gasteiger partial charge in [0.25, 0.3) is 0 Å². The fourth-order valence-corrected chi connectivity index (χ4v) is 2.70. The summed E-state index contributed by atoms with van der Waals surface area (Å²) in [5.74, 6) is 0.975. The molecule has 0 amide bonds. The highest BCUT2D eigenvalue weighted by Crippen LogP contribution is 2.18. The molecule has 3 heteroatoms. The van der Waals surface area contributed by atoms with Crippen molar-refractivity contribution in [2.45, 2.75) is 38.6 Å². The molecule has 1 unspecified atom stereocenters. The molecule has 1 saturated heterocycles. The van der Waals surface area contributed by atoms with Crippen molar-refractivity contribution in [3.63, 3.8) is 0 Å². The number of piperidine rings is 1. The number of benzene rings is 1. The third-order valence-corrected chi connectivity index (χ3v) is 3.85. The first-order valence-corrected chi connectivity index (χ1v) is 7.37. The Labute approximate surface area is 116 Å². The number of methoxy groups -OCH3 is 1. The lowest BCUT2D eigenvalue weighted by atomic mass is 10.0. The van der Waals surface area contributed by atoms with E-state index in [9.17, 15) is 0 Å². The molecule has 0 bridgehead atoms. The first-order chi connectivity index (χ1) is 9.29. The second kappa shape index (κ2) is 7.51. The third-order valence-electron chi connectivity index (χ3n) is 3.85. The van der Waals surface area contributed by atoms with E-state index in [0.29, 0.717) is 6.04 Å². The Hall–Kier alpha value is -1.06. The van der Waals surface area contributed by atoms with Crippen LogP contribution in [0, 0.1) is 6.92 Å². The highest BCUT2D eigenvalue weighted by Gasteiger charge is 2.11. The van der Waals surface area contributed by atoms with Gasteiger partial charge in [0.2, 0.25) is 0 Å². The van der Waals surface area contributed by atoms with Crippen LogP contribution in [0.2, 0.25) is 0 Å². The van der Waals surface area contributed by atoms with Gasteiger partial charge in [0, 0.05) is 12.6 Å². The van der Waals surface area contributed by atoms with E-state index in [-0.39, 0.29) is 0 Å². The van der Waals surface area contributed by atoms with Crippen molar-refractivity contribution in [1.82, 2.24) is 10.6 Å². The molecule has 0 radical (unpaired) electrons. The van der Waals surface area contributed by atoms with E-state index >= 15 is 0 Å². The summed E-state index contributed by atoms with van der Waals surface area (Å²) in [7, 11) is 1.72. The number of hydrogen-bond donors (Lipinski definition) is 2. The van der Waals surface area contributed by atoms with Crippen LogP contribution in [-0.2, 0) is 6.42 Å². The minimum atomic E-state index is 0.673. The van der Waals surface area contributed by atoms with Gasteiger partial charge >= 0.3 is 0 Å². The zero-order valence-corrected chi connectivity index (χ0v) is 12.2. The monoisotopic (exact) mass is 262 g/mol. The Kier molecular flexibility index (Phi) is 5.67. The Balaban J connectivity index is 1.69. The van der Waals surface area contributed by atoms with Crippen LogP contribution < -0.4 is 15.4 Å². The molecular formula is C16H26N2O. The molecule has 19 heavy (non-hydrogen) atoms. The first kappa shape index (κ1) is 14.4. The lowest BCUT2D eigenvalue weighted by Gasteiger charge is -2.23. The standard InChI is InChI=1S/C16H26N2O/c1-13-11-14(6-7-16(13)19-2)8-10-17-12-15-5-3-4-9-18-15/h6-7,11,15,17-18H,3-5,8-10,12H2,1-2H3. The lowest BCUT2D eigenvalue weighted by molar-refractivity contribution is 0.384. The summed E-state index contributed by atoms with van der Waals surface area (Å²) in [6.45, 7) is 5.42. The molecule has 1 aromatic rings. The van der Waals surface area contributed by atoms with Crippen molar-refractivity contribution in [3.05, 3.63) is 29.3 Å². The van der Waals surface area contributed by atoms with Gasteiger partial charge in [0.1, 0.15) is 5.75 Å². The maximum atomic E-state index is 5.28. The second-order valence-corrected chi connectivity index (χ2v) is 5.40. The fraction of sp³-hybridized carbons (Fsp3) is 0.625. The molecule has 2 N–H and O–H groups in total. The van der Waals surface area contributed by atoms with Crippen LogP contribution in [0.15, 0.2) is 18.2 Å². The van der Waals surface area contributed by atoms with Crippen LogP contribution in [-0.4, -0.2) is 32.8 Å². The van der Waals surface area contributed by atoms with Crippen LogP contribution in [0.1, 0.15) is 30.4 Å². The number of ether oxygens (including phenoxy) is 1. The quantitative estimate of drug-likeness (QED) is 0.772. The van der Waals surface area contributed by atoms with Gasteiger partial charge < -0.3 is 15.4 Å². The molecule has 1 aliphatic rings. The predicted octanol–water partition coefficient (Wildman–Crippen LogP) is 2.28. The van der Waals surface area contributed by atoms with E-state index < -0.39 is 0 Å². The summed E-state index contributed by atoms with van der Waals surface area (Å²) in [5.41, 5.74) is 2.59. The number of nitrogens with one attached hydrogen (secondary N) is 2. The summed E-state index contributed by atoms with van der Waals surface area (Å²) < 4.78 is 5.28. The van der Waals surface area contributed by atoms with Crippen molar-refractivity contribution in [2.75, 3.05) is 26.7 Å². The van der Waals surface area contributed by atoms with Gasteiger partial charge in [0.15, 0.2) is 0 Å². The summed E-state index contributed by atoms with van der Waals surface area (Å²) in [6, 6.07) is 7.12. The molecule has 2 rings (SSSR count). The lowest BCUT2D eigenvalue weighted by Crippen LogP contribution is -2.42. The van der Waals surface area contributed by atoms with Gasteiger partial charge in [-0.25, -0.2) is 0 Å². The molecule has 1 atom stereocenters.